The topological polar surface area (TPSA) is 68.8 Å². The van der Waals surface area contributed by atoms with Crippen LogP contribution in [0, 0.1) is 6.92 Å². The molecule has 0 aliphatic rings. The van der Waals surface area contributed by atoms with Crippen LogP contribution in [0.25, 0.3) is 22.3 Å². The second kappa shape index (κ2) is 8.21. The minimum absolute atomic E-state index is 0. The first-order valence-corrected chi connectivity index (χ1v) is 7.37. The van der Waals surface area contributed by atoms with Crippen LogP contribution in [0.3, 0.4) is 0 Å². The third kappa shape index (κ3) is 4.31. The molecule has 2 aromatic heterocycles. The van der Waals surface area contributed by atoms with Gasteiger partial charge in [0.2, 0.25) is 0 Å². The van der Waals surface area contributed by atoms with E-state index in [1.165, 1.54) is 5.56 Å². The average Bonchev–Trinajstić information content (AvgIpc) is 2.86. The number of H-pyrrole nitrogens is 1. The van der Waals surface area contributed by atoms with Crippen molar-refractivity contribution in [3.8, 4) is 11.4 Å². The first-order chi connectivity index (χ1) is 10.6. The van der Waals surface area contributed by atoms with Gasteiger partial charge in [0.25, 0.3) is 0 Å². The Morgan fingerprint density at radius 1 is 1.26 bits per heavy atom. The quantitative estimate of drug-likeness (QED) is 0.647. The molecule has 1 N–H and O–H groups in total. The molecule has 112 valence electrons. The minimum atomic E-state index is -1.00. The number of nitrogens with one attached hydrogen (secondary N) is 1. The number of pyridine rings is 1. The van der Waals surface area contributed by atoms with Gasteiger partial charge in [0.1, 0.15) is 0 Å². The van der Waals surface area contributed by atoms with E-state index in [1.807, 2.05) is 18.2 Å². The molecule has 0 saturated carbocycles. The molecule has 4 nitrogen and oxygen atoms in total. The van der Waals surface area contributed by atoms with E-state index in [9.17, 15) is 9.90 Å². The summed E-state index contributed by atoms with van der Waals surface area (Å²) in [6, 6.07) is 12.0. The number of fused-ring (bicyclic) bond motifs is 1. The maximum Gasteiger partial charge on any atom is 1.00 e. The van der Waals surface area contributed by atoms with Crippen molar-refractivity contribution in [3.63, 3.8) is 0 Å². The Balaban J connectivity index is 0.00000192. The molecule has 0 atom stereocenters. The molecule has 5 heteroatoms. The second-order valence-electron chi connectivity index (χ2n) is 5.47. The van der Waals surface area contributed by atoms with Gasteiger partial charge < -0.3 is 14.9 Å². The number of aromatic nitrogens is 2. The molecule has 0 saturated heterocycles. The van der Waals surface area contributed by atoms with E-state index < -0.39 is 5.97 Å². The van der Waals surface area contributed by atoms with Gasteiger partial charge in [0.05, 0.1) is 11.4 Å². The molecule has 0 unspecified atom stereocenters. The molecule has 3 rings (SSSR count). The van der Waals surface area contributed by atoms with Crippen molar-refractivity contribution < 1.29 is 61.3 Å². The largest absolute Gasteiger partial charge is 1.00 e. The fraction of sp³-hybridized carbons (Fsp3) is 0.222. The Bertz CT molecular complexity index is 813. The summed E-state index contributed by atoms with van der Waals surface area (Å²) in [6.45, 7) is 2.05. The average molecular weight is 332 g/mol. The van der Waals surface area contributed by atoms with Crippen molar-refractivity contribution in [1.29, 1.82) is 0 Å². The fourth-order valence-corrected chi connectivity index (χ4v) is 2.76. The Labute approximate surface area is 177 Å². The van der Waals surface area contributed by atoms with Crippen molar-refractivity contribution in [3.05, 3.63) is 53.7 Å². The third-order valence-corrected chi connectivity index (χ3v) is 3.79. The molecule has 0 fully saturated rings. The molecule has 0 radical (unpaired) electrons. The van der Waals surface area contributed by atoms with Gasteiger partial charge in [-0.05, 0) is 56.0 Å². The Morgan fingerprint density at radius 2 is 2.09 bits per heavy atom. The number of hydrogen-bond acceptors (Lipinski definition) is 3. The van der Waals surface area contributed by atoms with Crippen LogP contribution in [0.4, 0.5) is 0 Å². The molecule has 3 aromatic rings. The molecule has 0 amide bonds. The number of carbonyl (C=O) groups excluding carboxylic acids is 1. The van der Waals surface area contributed by atoms with Crippen molar-refractivity contribution in [1.82, 2.24) is 9.97 Å². The van der Waals surface area contributed by atoms with Crippen molar-refractivity contribution >= 4 is 16.9 Å². The van der Waals surface area contributed by atoms with Crippen LogP contribution in [0.2, 0.25) is 0 Å². The van der Waals surface area contributed by atoms with Crippen molar-refractivity contribution in [2.45, 2.75) is 26.2 Å². The first-order valence-electron chi connectivity index (χ1n) is 7.37. The zero-order valence-corrected chi connectivity index (χ0v) is 16.5. The summed E-state index contributed by atoms with van der Waals surface area (Å²) < 4.78 is 0. The van der Waals surface area contributed by atoms with E-state index in [-0.39, 0.29) is 57.8 Å². The molecule has 1 aromatic carbocycles. The van der Waals surface area contributed by atoms with E-state index >= 15 is 0 Å². The number of nitrogens with zero attached hydrogens (tertiary/aromatic N) is 1. The number of rotatable bonds is 5. The van der Waals surface area contributed by atoms with Crippen LogP contribution in [-0.4, -0.2) is 15.9 Å². The first kappa shape index (κ1) is 18.4. The number of carbonyl (C=O) groups is 1. The summed E-state index contributed by atoms with van der Waals surface area (Å²) in [5, 5.41) is 11.8. The van der Waals surface area contributed by atoms with Gasteiger partial charge in [-0.1, -0.05) is 17.7 Å². The zero-order valence-electron chi connectivity index (χ0n) is 13.4. The van der Waals surface area contributed by atoms with Gasteiger partial charge in [0, 0.05) is 23.1 Å². The summed E-state index contributed by atoms with van der Waals surface area (Å²) >= 11 is 0. The van der Waals surface area contributed by atoms with Crippen molar-refractivity contribution in [2.24, 2.45) is 0 Å². The normalized spacial score (nSPS) is 10.5. The number of hydrogen-bond donors (Lipinski definition) is 1. The minimum Gasteiger partial charge on any atom is -0.550 e. The van der Waals surface area contributed by atoms with Crippen LogP contribution in [0.5, 0.6) is 0 Å². The van der Waals surface area contributed by atoms with Crippen LogP contribution >= 0.6 is 0 Å². The second-order valence-corrected chi connectivity index (χ2v) is 5.47. The SMILES string of the molecule is Cc1ccc2[nH]c(-c3ccccn3)c(CCCC(=O)[O-])c2c1.[K+]. The predicted molar refractivity (Wildman–Crippen MR) is 84.2 cm³/mol. The molecule has 2 heterocycles. The van der Waals surface area contributed by atoms with Gasteiger partial charge in [-0.25, -0.2) is 0 Å². The van der Waals surface area contributed by atoms with Gasteiger partial charge in [-0.15, -0.1) is 0 Å². The summed E-state index contributed by atoms with van der Waals surface area (Å²) in [7, 11) is 0. The van der Waals surface area contributed by atoms with Crippen LogP contribution in [0.1, 0.15) is 24.0 Å². The van der Waals surface area contributed by atoms with E-state index in [1.54, 1.807) is 6.20 Å². The molecular weight excluding hydrogens is 315 g/mol. The Hall–Kier alpha value is -0.984. The van der Waals surface area contributed by atoms with Crippen LogP contribution in [0.15, 0.2) is 42.6 Å². The van der Waals surface area contributed by atoms with E-state index in [0.717, 1.165) is 27.9 Å². The van der Waals surface area contributed by atoms with Gasteiger partial charge in [-0.3, -0.25) is 4.98 Å². The van der Waals surface area contributed by atoms with Gasteiger partial charge >= 0.3 is 51.4 Å². The third-order valence-electron chi connectivity index (χ3n) is 3.79. The van der Waals surface area contributed by atoms with Crippen LogP contribution < -0.4 is 56.5 Å². The molecule has 0 aliphatic heterocycles. The fourth-order valence-electron chi connectivity index (χ4n) is 2.76. The number of carboxylic acid groups (broad SMARTS) is 1. The monoisotopic (exact) mass is 332 g/mol. The molecule has 23 heavy (non-hydrogen) atoms. The molecule has 0 aliphatic carbocycles. The number of aromatic amines is 1. The smallest absolute Gasteiger partial charge is 0.550 e. The van der Waals surface area contributed by atoms with E-state index in [0.29, 0.717) is 12.8 Å². The number of benzene rings is 1. The summed E-state index contributed by atoms with van der Waals surface area (Å²) in [5.74, 6) is -1.00. The maximum atomic E-state index is 10.7. The Morgan fingerprint density at radius 3 is 2.78 bits per heavy atom. The number of carboxylic acids is 1. The summed E-state index contributed by atoms with van der Waals surface area (Å²) in [6.07, 6.45) is 3.07. The maximum absolute atomic E-state index is 10.7. The van der Waals surface area contributed by atoms with E-state index in [2.05, 4.69) is 35.1 Å². The van der Waals surface area contributed by atoms with Gasteiger partial charge in [0.15, 0.2) is 0 Å². The summed E-state index contributed by atoms with van der Waals surface area (Å²) in [4.78, 5) is 18.5. The van der Waals surface area contributed by atoms with Crippen molar-refractivity contribution in [2.75, 3.05) is 0 Å². The standard InChI is InChI=1S/C18H18N2O2.K/c1-12-8-9-15-14(11-12)13(5-4-7-17(21)22)18(20-15)16-6-2-3-10-19-16;/h2-3,6,8-11,20H,4-5,7H2,1H3,(H,21,22);/q;+1/p-1. The Kier molecular flexibility index (Phi) is 6.56. The van der Waals surface area contributed by atoms with E-state index in [4.69, 9.17) is 0 Å². The molecular formula is C18H17KN2O2. The molecule has 0 spiro atoms. The summed E-state index contributed by atoms with van der Waals surface area (Å²) in [5.41, 5.74) is 5.20. The molecule has 0 bridgehead atoms. The number of aryl methyl sites for hydroxylation is 2. The van der Waals surface area contributed by atoms with Crippen LogP contribution in [-0.2, 0) is 11.2 Å². The zero-order chi connectivity index (χ0) is 15.5. The van der Waals surface area contributed by atoms with Gasteiger partial charge in [-0.2, -0.15) is 0 Å². The number of aliphatic carboxylic acids is 1. The predicted octanol–water partition coefficient (Wildman–Crippen LogP) is -0.385.